The van der Waals surface area contributed by atoms with E-state index < -0.39 is 0 Å². The molecular formula is C18H12O2. The van der Waals surface area contributed by atoms with Crippen molar-refractivity contribution in [3.8, 4) is 35.2 Å². The van der Waals surface area contributed by atoms with E-state index in [2.05, 4.69) is 23.7 Å². The summed E-state index contributed by atoms with van der Waals surface area (Å²) in [6, 6.07) is 11.6. The van der Waals surface area contributed by atoms with Gasteiger partial charge in [0, 0.05) is 34.4 Å². The van der Waals surface area contributed by atoms with Crippen LogP contribution >= 0.6 is 0 Å². The second-order valence-corrected chi connectivity index (χ2v) is 4.30. The zero-order valence-electron chi connectivity index (χ0n) is 11.3. The average Bonchev–Trinajstić information content (AvgIpc) is 2.49. The van der Waals surface area contributed by atoms with Crippen LogP contribution in [0, 0.1) is 23.7 Å². The minimum absolute atomic E-state index is 0.663. The van der Waals surface area contributed by atoms with Crippen LogP contribution in [0.1, 0.15) is 22.3 Å². The number of rotatable bonds is 2. The molecule has 2 heteroatoms. The molecule has 0 radical (unpaired) electrons. The summed E-state index contributed by atoms with van der Waals surface area (Å²) in [4.78, 5) is 0. The van der Waals surface area contributed by atoms with Gasteiger partial charge < -0.3 is 9.47 Å². The Labute approximate surface area is 118 Å². The third kappa shape index (κ3) is 2.09. The van der Waals surface area contributed by atoms with Gasteiger partial charge in [0.05, 0.1) is 14.2 Å². The van der Waals surface area contributed by atoms with Crippen LogP contribution < -0.4 is 9.47 Å². The smallest absolute Gasteiger partial charge is 0.162 e. The molecule has 20 heavy (non-hydrogen) atoms. The Balaban J connectivity index is 2.20. The third-order valence-corrected chi connectivity index (χ3v) is 3.11. The highest BCUT2D eigenvalue weighted by molar-refractivity contribution is 5.64. The van der Waals surface area contributed by atoms with Crippen molar-refractivity contribution in [1.82, 2.24) is 0 Å². The van der Waals surface area contributed by atoms with Crippen molar-refractivity contribution in [3.05, 3.63) is 58.7 Å². The van der Waals surface area contributed by atoms with E-state index in [0.29, 0.717) is 11.5 Å². The van der Waals surface area contributed by atoms with E-state index in [1.165, 1.54) is 0 Å². The Kier molecular flexibility index (Phi) is 3.07. The van der Waals surface area contributed by atoms with Crippen molar-refractivity contribution in [1.29, 1.82) is 0 Å². The van der Waals surface area contributed by atoms with Gasteiger partial charge in [-0.2, -0.15) is 0 Å². The molecule has 0 N–H and O–H groups in total. The lowest BCUT2D eigenvalue weighted by Crippen LogP contribution is -1.95. The summed E-state index contributed by atoms with van der Waals surface area (Å²) < 4.78 is 10.6. The monoisotopic (exact) mass is 260 g/mol. The first-order valence-corrected chi connectivity index (χ1v) is 6.21. The summed E-state index contributed by atoms with van der Waals surface area (Å²) in [5.74, 6) is 14.0. The molecule has 0 aliphatic heterocycles. The maximum absolute atomic E-state index is 5.30. The molecule has 0 fully saturated rings. The summed E-state index contributed by atoms with van der Waals surface area (Å²) in [6.07, 6.45) is 0. The fraction of sp³-hybridized carbons (Fsp3) is 0.111. The largest absolute Gasteiger partial charge is 0.493 e. The standard InChI is InChI=1S/C18H12O2/c1-19-17-11-15-9-7-13-5-3-4-6-14(13)8-10-16(15)12-18(17)20-2/h3-6,11-12H,1-2H3. The third-order valence-electron chi connectivity index (χ3n) is 3.11. The van der Waals surface area contributed by atoms with Crippen LogP contribution in [0.3, 0.4) is 0 Å². The number of ether oxygens (including phenoxy) is 2. The van der Waals surface area contributed by atoms with Gasteiger partial charge in [-0.25, -0.2) is 0 Å². The maximum atomic E-state index is 5.30. The van der Waals surface area contributed by atoms with E-state index in [4.69, 9.17) is 9.47 Å². The summed E-state index contributed by atoms with van der Waals surface area (Å²) in [5, 5.41) is 0. The van der Waals surface area contributed by atoms with Crippen LogP contribution in [0.15, 0.2) is 36.4 Å². The number of methoxy groups -OCH3 is 2. The fourth-order valence-electron chi connectivity index (χ4n) is 2.06. The normalized spacial score (nSPS) is 10.5. The summed E-state index contributed by atoms with van der Waals surface area (Å²) in [5.41, 5.74) is 3.59. The minimum Gasteiger partial charge on any atom is -0.493 e. The number of hydrogen-bond acceptors (Lipinski definition) is 2. The van der Waals surface area contributed by atoms with Crippen molar-refractivity contribution in [2.24, 2.45) is 0 Å². The lowest BCUT2D eigenvalue weighted by molar-refractivity contribution is 0.355. The zero-order valence-corrected chi connectivity index (χ0v) is 11.3. The lowest BCUT2D eigenvalue weighted by atomic mass is 10.0. The van der Waals surface area contributed by atoms with Gasteiger partial charge >= 0.3 is 0 Å². The lowest BCUT2D eigenvalue weighted by Gasteiger charge is -2.10. The highest BCUT2D eigenvalue weighted by Gasteiger charge is 2.09. The van der Waals surface area contributed by atoms with Gasteiger partial charge in [0.15, 0.2) is 11.5 Å². The quantitative estimate of drug-likeness (QED) is 0.660. The van der Waals surface area contributed by atoms with E-state index in [0.717, 1.165) is 22.3 Å². The van der Waals surface area contributed by atoms with Crippen LogP contribution in [0.25, 0.3) is 0 Å². The van der Waals surface area contributed by atoms with Crippen LogP contribution in [0.2, 0.25) is 0 Å². The maximum Gasteiger partial charge on any atom is 0.162 e. The van der Waals surface area contributed by atoms with Gasteiger partial charge in [-0.15, -0.1) is 0 Å². The first-order valence-electron chi connectivity index (χ1n) is 6.21. The molecular weight excluding hydrogens is 248 g/mol. The van der Waals surface area contributed by atoms with Gasteiger partial charge in [0.2, 0.25) is 0 Å². The predicted octanol–water partition coefficient (Wildman–Crippen LogP) is 2.82. The van der Waals surface area contributed by atoms with Crippen molar-refractivity contribution in [2.45, 2.75) is 0 Å². The van der Waals surface area contributed by atoms with E-state index in [-0.39, 0.29) is 0 Å². The Hall–Kier alpha value is -2.84. The van der Waals surface area contributed by atoms with Crippen LogP contribution in [-0.4, -0.2) is 14.2 Å². The van der Waals surface area contributed by atoms with E-state index in [1.54, 1.807) is 14.2 Å². The van der Waals surface area contributed by atoms with Gasteiger partial charge in [-0.1, -0.05) is 35.8 Å². The molecule has 0 aromatic heterocycles. The zero-order chi connectivity index (χ0) is 13.9. The molecule has 0 bridgehead atoms. The molecule has 2 aromatic carbocycles. The molecule has 0 spiro atoms. The van der Waals surface area contributed by atoms with Crippen LogP contribution in [0.4, 0.5) is 0 Å². The molecule has 1 aliphatic carbocycles. The fourth-order valence-corrected chi connectivity index (χ4v) is 2.06. The first-order chi connectivity index (χ1) is 9.81. The van der Waals surface area contributed by atoms with Crippen molar-refractivity contribution in [3.63, 3.8) is 0 Å². The molecule has 0 unspecified atom stereocenters. The van der Waals surface area contributed by atoms with E-state index in [1.807, 2.05) is 36.4 Å². The molecule has 96 valence electrons. The number of hydrogen-bond donors (Lipinski definition) is 0. The SMILES string of the molecule is COc1cc2c(cc1OC)C#Cc1ccccc1C#C2. The topological polar surface area (TPSA) is 18.5 Å². The second-order valence-electron chi connectivity index (χ2n) is 4.30. The predicted molar refractivity (Wildman–Crippen MR) is 77.9 cm³/mol. The molecule has 0 atom stereocenters. The average molecular weight is 260 g/mol. The van der Waals surface area contributed by atoms with Crippen molar-refractivity contribution in [2.75, 3.05) is 14.2 Å². The minimum atomic E-state index is 0.663. The number of benzene rings is 2. The highest BCUT2D eigenvalue weighted by atomic mass is 16.5. The van der Waals surface area contributed by atoms with E-state index >= 15 is 0 Å². The second kappa shape index (κ2) is 5.03. The molecule has 0 saturated heterocycles. The van der Waals surface area contributed by atoms with Crippen molar-refractivity contribution < 1.29 is 9.47 Å². The van der Waals surface area contributed by atoms with Gasteiger partial charge in [-0.05, 0) is 12.1 Å². The molecule has 1 aliphatic rings. The molecule has 3 rings (SSSR count). The molecule has 0 amide bonds. The van der Waals surface area contributed by atoms with Crippen molar-refractivity contribution >= 4 is 0 Å². The highest BCUT2D eigenvalue weighted by Crippen LogP contribution is 2.30. The molecule has 2 aromatic rings. The Morgan fingerprint density at radius 3 is 1.45 bits per heavy atom. The molecule has 0 saturated carbocycles. The molecule has 2 nitrogen and oxygen atoms in total. The van der Waals surface area contributed by atoms with Gasteiger partial charge in [0.25, 0.3) is 0 Å². The number of fused-ring (bicyclic) bond motifs is 2. The molecule has 0 heterocycles. The Bertz CT molecular complexity index is 728. The van der Waals surface area contributed by atoms with Crippen LogP contribution in [0.5, 0.6) is 11.5 Å². The summed E-state index contributed by atoms with van der Waals surface area (Å²) in [6.45, 7) is 0. The van der Waals surface area contributed by atoms with Gasteiger partial charge in [-0.3, -0.25) is 0 Å². The summed E-state index contributed by atoms with van der Waals surface area (Å²) in [7, 11) is 3.23. The first kappa shape index (κ1) is 12.2. The van der Waals surface area contributed by atoms with E-state index in [9.17, 15) is 0 Å². The summed E-state index contributed by atoms with van der Waals surface area (Å²) >= 11 is 0. The Morgan fingerprint density at radius 1 is 0.650 bits per heavy atom. The van der Waals surface area contributed by atoms with Crippen LogP contribution in [-0.2, 0) is 0 Å². The van der Waals surface area contributed by atoms with Gasteiger partial charge in [0.1, 0.15) is 0 Å². The Morgan fingerprint density at radius 2 is 1.05 bits per heavy atom.